The van der Waals surface area contributed by atoms with E-state index in [0.717, 1.165) is 0 Å². The summed E-state index contributed by atoms with van der Waals surface area (Å²) in [7, 11) is 1.62. The summed E-state index contributed by atoms with van der Waals surface area (Å²) in [5.41, 5.74) is -0.236. The van der Waals surface area contributed by atoms with E-state index >= 15 is 0 Å². The van der Waals surface area contributed by atoms with Crippen molar-refractivity contribution in [3.8, 4) is 0 Å². The summed E-state index contributed by atoms with van der Waals surface area (Å²) in [6.45, 7) is 2.01. The summed E-state index contributed by atoms with van der Waals surface area (Å²) < 4.78 is 1.42. The summed E-state index contributed by atoms with van der Waals surface area (Å²) in [6.07, 6.45) is 0. The van der Waals surface area contributed by atoms with E-state index in [1.165, 1.54) is 10.7 Å². The van der Waals surface area contributed by atoms with Crippen LogP contribution in [-0.2, 0) is 11.8 Å². The fourth-order valence-corrected chi connectivity index (χ4v) is 2.17. The second-order valence-corrected chi connectivity index (χ2v) is 5.04. The van der Waals surface area contributed by atoms with Gasteiger partial charge in [-0.2, -0.15) is 5.10 Å². The number of aromatic nitrogens is 2. The van der Waals surface area contributed by atoms with Gasteiger partial charge in [0.15, 0.2) is 5.69 Å². The minimum Gasteiger partial charge on any atom is -0.355 e. The molecule has 0 atom stereocenters. The Bertz CT molecular complexity index is 801. The highest BCUT2D eigenvalue weighted by Gasteiger charge is 2.17. The smallest absolute Gasteiger partial charge is 0.276 e. The molecule has 1 heterocycles. The molecule has 0 bridgehead atoms. The second kappa shape index (κ2) is 6.57. The second-order valence-electron chi connectivity index (χ2n) is 4.60. The van der Waals surface area contributed by atoms with Gasteiger partial charge < -0.3 is 10.6 Å². The standard InChI is InChI=1S/C14H15ClN4O3/c1-3-16-11(20)7-17-14(22)12-13(21)9-6-8(15)4-5-10(9)19(2)18-12/h4-6H,3,7H2,1-2H3,(H,16,20)(H,17,22). The predicted octanol–water partition coefficient (Wildman–Crippen LogP) is 0.453. The van der Waals surface area contributed by atoms with Gasteiger partial charge in [0.2, 0.25) is 11.3 Å². The third kappa shape index (κ3) is 3.25. The lowest BCUT2D eigenvalue weighted by Gasteiger charge is -2.08. The quantitative estimate of drug-likeness (QED) is 0.855. The lowest BCUT2D eigenvalue weighted by molar-refractivity contribution is -0.120. The minimum atomic E-state index is -0.700. The van der Waals surface area contributed by atoms with E-state index < -0.39 is 11.3 Å². The van der Waals surface area contributed by atoms with Crippen molar-refractivity contribution in [2.24, 2.45) is 7.05 Å². The number of amides is 2. The van der Waals surface area contributed by atoms with Crippen molar-refractivity contribution in [3.05, 3.63) is 39.1 Å². The number of aryl methyl sites for hydroxylation is 1. The maximum atomic E-state index is 12.3. The van der Waals surface area contributed by atoms with Gasteiger partial charge in [-0.15, -0.1) is 0 Å². The first-order chi connectivity index (χ1) is 10.4. The van der Waals surface area contributed by atoms with Crippen LogP contribution in [0.25, 0.3) is 10.9 Å². The predicted molar refractivity (Wildman–Crippen MR) is 83.0 cm³/mol. The van der Waals surface area contributed by atoms with Crippen LogP contribution in [0.3, 0.4) is 0 Å². The number of nitrogens with one attached hydrogen (secondary N) is 2. The number of likely N-dealkylation sites (N-methyl/N-ethyl adjacent to an activating group) is 1. The number of carbonyl (C=O) groups is 2. The average molecular weight is 323 g/mol. The molecule has 0 saturated heterocycles. The largest absolute Gasteiger partial charge is 0.355 e. The van der Waals surface area contributed by atoms with Gasteiger partial charge in [-0.1, -0.05) is 11.6 Å². The molecular formula is C14H15ClN4O3. The van der Waals surface area contributed by atoms with Crippen LogP contribution in [-0.4, -0.2) is 34.7 Å². The molecule has 0 aliphatic rings. The number of benzene rings is 1. The Morgan fingerprint density at radius 3 is 2.73 bits per heavy atom. The maximum Gasteiger partial charge on any atom is 0.276 e. The number of nitrogens with zero attached hydrogens (tertiary/aromatic N) is 2. The van der Waals surface area contributed by atoms with Crippen LogP contribution < -0.4 is 16.1 Å². The Morgan fingerprint density at radius 1 is 1.32 bits per heavy atom. The highest BCUT2D eigenvalue weighted by molar-refractivity contribution is 6.31. The summed E-state index contributed by atoms with van der Waals surface area (Å²) >= 11 is 5.89. The third-order valence-electron chi connectivity index (χ3n) is 3.02. The lowest BCUT2D eigenvalue weighted by Crippen LogP contribution is -2.39. The zero-order chi connectivity index (χ0) is 16.3. The van der Waals surface area contributed by atoms with E-state index in [0.29, 0.717) is 22.5 Å². The molecule has 22 heavy (non-hydrogen) atoms. The van der Waals surface area contributed by atoms with Crippen molar-refractivity contribution in [2.45, 2.75) is 6.92 Å². The first kappa shape index (κ1) is 16.0. The Balaban J connectivity index is 2.35. The molecule has 2 amide bonds. The van der Waals surface area contributed by atoms with Crippen LogP contribution >= 0.6 is 11.6 Å². The van der Waals surface area contributed by atoms with E-state index in [1.807, 2.05) is 0 Å². The average Bonchev–Trinajstić information content (AvgIpc) is 2.48. The van der Waals surface area contributed by atoms with Gasteiger partial charge in [-0.25, -0.2) is 0 Å². The lowest BCUT2D eigenvalue weighted by atomic mass is 10.2. The number of halogens is 1. The zero-order valence-corrected chi connectivity index (χ0v) is 12.9. The molecule has 8 heteroatoms. The molecule has 2 rings (SSSR count). The van der Waals surface area contributed by atoms with Crippen molar-refractivity contribution in [1.82, 2.24) is 20.4 Å². The summed E-state index contributed by atoms with van der Waals surface area (Å²) in [5, 5.41) is 9.58. The fourth-order valence-electron chi connectivity index (χ4n) is 2.00. The Hall–Kier alpha value is -2.41. The van der Waals surface area contributed by atoms with Gasteiger partial charge in [0.05, 0.1) is 17.4 Å². The highest BCUT2D eigenvalue weighted by atomic mass is 35.5. The summed E-state index contributed by atoms with van der Waals surface area (Å²) in [5.74, 6) is -1.04. The molecule has 1 aromatic carbocycles. The van der Waals surface area contributed by atoms with Crippen molar-refractivity contribution in [2.75, 3.05) is 13.1 Å². The first-order valence-corrected chi connectivity index (χ1v) is 7.03. The Morgan fingerprint density at radius 2 is 2.05 bits per heavy atom. The van der Waals surface area contributed by atoms with Gasteiger partial charge >= 0.3 is 0 Å². The van der Waals surface area contributed by atoms with E-state index in [2.05, 4.69) is 15.7 Å². The fraction of sp³-hybridized carbons (Fsp3) is 0.286. The van der Waals surface area contributed by atoms with Crippen molar-refractivity contribution in [1.29, 1.82) is 0 Å². The summed E-state index contributed by atoms with van der Waals surface area (Å²) in [4.78, 5) is 35.7. The van der Waals surface area contributed by atoms with Crippen LogP contribution in [0.1, 0.15) is 17.4 Å². The van der Waals surface area contributed by atoms with Gasteiger partial charge in [-0.3, -0.25) is 19.1 Å². The monoisotopic (exact) mass is 322 g/mol. The number of rotatable bonds is 4. The molecule has 0 unspecified atom stereocenters. The van der Waals surface area contributed by atoms with Crippen LogP contribution in [0.4, 0.5) is 0 Å². The topological polar surface area (TPSA) is 93.1 Å². The molecule has 2 N–H and O–H groups in total. The van der Waals surface area contributed by atoms with Gasteiger partial charge in [0, 0.05) is 18.6 Å². The molecule has 0 aliphatic carbocycles. The van der Waals surface area contributed by atoms with E-state index in [-0.39, 0.29) is 18.1 Å². The molecule has 0 saturated carbocycles. The van der Waals surface area contributed by atoms with Crippen LogP contribution in [0.15, 0.2) is 23.0 Å². The third-order valence-corrected chi connectivity index (χ3v) is 3.25. The molecule has 0 fully saturated rings. The van der Waals surface area contributed by atoms with Crippen molar-refractivity contribution in [3.63, 3.8) is 0 Å². The van der Waals surface area contributed by atoms with E-state index in [9.17, 15) is 14.4 Å². The number of hydrogen-bond acceptors (Lipinski definition) is 4. The molecule has 7 nitrogen and oxygen atoms in total. The van der Waals surface area contributed by atoms with Gasteiger partial charge in [0.1, 0.15) is 0 Å². The minimum absolute atomic E-state index is 0.217. The Labute approximate surface area is 131 Å². The highest BCUT2D eigenvalue weighted by Crippen LogP contribution is 2.15. The molecule has 0 spiro atoms. The molecule has 2 aromatic rings. The number of carbonyl (C=O) groups excluding carboxylic acids is 2. The number of hydrogen-bond donors (Lipinski definition) is 2. The Kier molecular flexibility index (Phi) is 4.77. The van der Waals surface area contributed by atoms with Crippen molar-refractivity contribution >= 4 is 34.3 Å². The summed E-state index contributed by atoms with van der Waals surface area (Å²) in [6, 6.07) is 4.78. The molecule has 116 valence electrons. The molecule has 0 aliphatic heterocycles. The van der Waals surface area contributed by atoms with Gasteiger partial charge in [-0.05, 0) is 25.1 Å². The molecule has 1 aromatic heterocycles. The maximum absolute atomic E-state index is 12.3. The van der Waals surface area contributed by atoms with Gasteiger partial charge in [0.25, 0.3) is 5.91 Å². The zero-order valence-electron chi connectivity index (χ0n) is 12.1. The molecular weight excluding hydrogens is 308 g/mol. The van der Waals surface area contributed by atoms with Crippen LogP contribution in [0.2, 0.25) is 5.02 Å². The normalized spacial score (nSPS) is 10.5. The van der Waals surface area contributed by atoms with E-state index in [4.69, 9.17) is 11.6 Å². The van der Waals surface area contributed by atoms with E-state index in [1.54, 1.807) is 26.1 Å². The van der Waals surface area contributed by atoms with Crippen molar-refractivity contribution < 1.29 is 9.59 Å². The SMILES string of the molecule is CCNC(=O)CNC(=O)c1nn(C)c2ccc(Cl)cc2c1=O. The first-order valence-electron chi connectivity index (χ1n) is 6.65. The van der Waals surface area contributed by atoms with Crippen LogP contribution in [0.5, 0.6) is 0 Å². The molecule has 0 radical (unpaired) electrons. The van der Waals surface area contributed by atoms with Crippen LogP contribution in [0, 0.1) is 0 Å². The number of fused-ring (bicyclic) bond motifs is 1.